The Morgan fingerprint density at radius 2 is 1.08 bits per heavy atom. The van der Waals surface area contributed by atoms with Gasteiger partial charge in [0.15, 0.2) is 0 Å². The third kappa shape index (κ3) is 15.7. The molecule has 0 spiro atoms. The highest BCUT2D eigenvalue weighted by Gasteiger charge is 2.21. The summed E-state index contributed by atoms with van der Waals surface area (Å²) in [5.74, 6) is -0.0458. The molecule has 2 atom stereocenters. The van der Waals surface area contributed by atoms with Gasteiger partial charge in [0.05, 0.1) is 5.92 Å². The van der Waals surface area contributed by atoms with Crippen molar-refractivity contribution in [3.8, 4) is 0 Å². The summed E-state index contributed by atoms with van der Waals surface area (Å²) < 4.78 is 0. The fraction of sp³-hybridized carbons (Fsp3) is 0.958. The zero-order chi connectivity index (χ0) is 19.5. The first kappa shape index (κ1) is 25.5. The minimum atomic E-state index is -0.558. The summed E-state index contributed by atoms with van der Waals surface area (Å²) in [6, 6.07) is 0. The van der Waals surface area contributed by atoms with E-state index in [1.54, 1.807) is 0 Å². The van der Waals surface area contributed by atoms with Gasteiger partial charge in [-0.05, 0) is 18.8 Å². The topological polar surface area (TPSA) is 37.3 Å². The zero-order valence-electron chi connectivity index (χ0n) is 18.2. The molecule has 0 fully saturated rings. The van der Waals surface area contributed by atoms with E-state index in [0.717, 1.165) is 19.3 Å². The van der Waals surface area contributed by atoms with Crippen LogP contribution >= 0.6 is 0 Å². The molecule has 1 N–H and O–H groups in total. The zero-order valence-corrected chi connectivity index (χ0v) is 18.2. The van der Waals surface area contributed by atoms with Crippen LogP contribution in [0.5, 0.6) is 0 Å². The molecule has 0 aliphatic carbocycles. The monoisotopic (exact) mass is 368 g/mol. The van der Waals surface area contributed by atoms with Crippen LogP contribution in [0.2, 0.25) is 0 Å². The van der Waals surface area contributed by atoms with Crippen LogP contribution in [-0.4, -0.2) is 11.1 Å². The Balaban J connectivity index is 3.87. The van der Waals surface area contributed by atoms with Gasteiger partial charge in [-0.25, -0.2) is 0 Å². The largest absolute Gasteiger partial charge is 0.481 e. The molecule has 0 amide bonds. The second-order valence-electron chi connectivity index (χ2n) is 8.39. The summed E-state index contributed by atoms with van der Waals surface area (Å²) >= 11 is 0. The predicted molar refractivity (Wildman–Crippen MR) is 115 cm³/mol. The van der Waals surface area contributed by atoms with E-state index < -0.39 is 5.97 Å². The van der Waals surface area contributed by atoms with Crippen LogP contribution in [0.15, 0.2) is 0 Å². The summed E-state index contributed by atoms with van der Waals surface area (Å²) in [5, 5.41) is 9.61. The second-order valence-corrected chi connectivity index (χ2v) is 8.39. The number of rotatable bonds is 20. The lowest BCUT2D eigenvalue weighted by Crippen LogP contribution is -2.18. The third-order valence-corrected chi connectivity index (χ3v) is 5.79. The third-order valence-electron chi connectivity index (χ3n) is 5.79. The molecular weight excluding hydrogens is 320 g/mol. The molecule has 0 aromatic rings. The Kier molecular flexibility index (Phi) is 18.8. The molecule has 0 aliphatic rings. The molecule has 0 bridgehead atoms. The van der Waals surface area contributed by atoms with Crippen molar-refractivity contribution in [3.05, 3.63) is 0 Å². The quantitative estimate of drug-likeness (QED) is 0.219. The van der Waals surface area contributed by atoms with Gasteiger partial charge in [-0.1, -0.05) is 124 Å². The summed E-state index contributed by atoms with van der Waals surface area (Å²) in [6.07, 6.45) is 22.4. The van der Waals surface area contributed by atoms with E-state index in [0.29, 0.717) is 5.92 Å². The summed E-state index contributed by atoms with van der Waals surface area (Å²) in [5.41, 5.74) is 0. The molecule has 26 heavy (non-hydrogen) atoms. The molecule has 2 heteroatoms. The Labute approximate surface area is 164 Å². The molecule has 2 unspecified atom stereocenters. The van der Waals surface area contributed by atoms with Gasteiger partial charge in [-0.15, -0.1) is 0 Å². The molecule has 0 aromatic carbocycles. The maximum absolute atomic E-state index is 11.7. The van der Waals surface area contributed by atoms with E-state index in [1.807, 2.05) is 0 Å². The van der Waals surface area contributed by atoms with Crippen molar-refractivity contribution in [2.45, 2.75) is 136 Å². The number of aliphatic carboxylic acids is 1. The molecule has 0 heterocycles. The van der Waals surface area contributed by atoms with Crippen molar-refractivity contribution in [1.82, 2.24) is 0 Å². The highest BCUT2D eigenvalue weighted by molar-refractivity contribution is 5.69. The van der Waals surface area contributed by atoms with Crippen LogP contribution in [0.25, 0.3) is 0 Å². The first-order valence-corrected chi connectivity index (χ1v) is 11.9. The van der Waals surface area contributed by atoms with Crippen LogP contribution in [-0.2, 0) is 4.79 Å². The van der Waals surface area contributed by atoms with Crippen LogP contribution in [0.4, 0.5) is 0 Å². The van der Waals surface area contributed by atoms with Gasteiger partial charge in [-0.3, -0.25) is 4.79 Å². The van der Waals surface area contributed by atoms with E-state index in [-0.39, 0.29) is 5.92 Å². The predicted octanol–water partition coefficient (Wildman–Crippen LogP) is 8.38. The maximum Gasteiger partial charge on any atom is 0.306 e. The van der Waals surface area contributed by atoms with Gasteiger partial charge >= 0.3 is 5.97 Å². The second kappa shape index (κ2) is 19.2. The van der Waals surface area contributed by atoms with E-state index in [4.69, 9.17) is 0 Å². The number of hydrogen-bond donors (Lipinski definition) is 1. The highest BCUT2D eigenvalue weighted by atomic mass is 16.4. The Hall–Kier alpha value is -0.530. The van der Waals surface area contributed by atoms with Crippen LogP contribution in [0.1, 0.15) is 136 Å². The molecule has 0 saturated heterocycles. The molecule has 0 rings (SSSR count). The molecule has 156 valence electrons. The fourth-order valence-corrected chi connectivity index (χ4v) is 4.09. The average Bonchev–Trinajstić information content (AvgIpc) is 2.62. The first-order valence-electron chi connectivity index (χ1n) is 11.9. The number of carboxylic acids is 1. The van der Waals surface area contributed by atoms with Gasteiger partial charge in [-0.2, -0.15) is 0 Å². The summed E-state index contributed by atoms with van der Waals surface area (Å²) in [4.78, 5) is 11.7. The standard InChI is InChI=1S/C24H48O2/c1-4-7-9-10-11-12-13-14-15-17-20-23(24(25)26)21-22(18-6-3)19-16-8-5-2/h22-23H,4-21H2,1-3H3,(H,25,26). The van der Waals surface area contributed by atoms with Gasteiger partial charge in [0.25, 0.3) is 0 Å². The Morgan fingerprint density at radius 3 is 1.58 bits per heavy atom. The van der Waals surface area contributed by atoms with Gasteiger partial charge < -0.3 is 5.11 Å². The molecular formula is C24H48O2. The number of hydrogen-bond acceptors (Lipinski definition) is 1. The lowest BCUT2D eigenvalue weighted by atomic mass is 9.85. The summed E-state index contributed by atoms with van der Waals surface area (Å²) in [7, 11) is 0. The average molecular weight is 369 g/mol. The SMILES string of the molecule is CCCCCCCCCCCCC(CC(CCC)CCCCC)C(=O)O. The van der Waals surface area contributed by atoms with E-state index in [1.165, 1.54) is 96.3 Å². The fourth-order valence-electron chi connectivity index (χ4n) is 4.09. The van der Waals surface area contributed by atoms with Crippen LogP contribution in [0, 0.1) is 11.8 Å². The number of unbranched alkanes of at least 4 members (excludes halogenated alkanes) is 11. The van der Waals surface area contributed by atoms with Crippen molar-refractivity contribution in [1.29, 1.82) is 0 Å². The minimum Gasteiger partial charge on any atom is -0.481 e. The molecule has 0 radical (unpaired) electrons. The Bertz CT molecular complexity index is 301. The lowest BCUT2D eigenvalue weighted by molar-refractivity contribution is -0.142. The summed E-state index contributed by atoms with van der Waals surface area (Å²) in [6.45, 7) is 6.73. The number of carbonyl (C=O) groups is 1. The van der Waals surface area contributed by atoms with Crippen molar-refractivity contribution in [2.24, 2.45) is 11.8 Å². The molecule has 2 nitrogen and oxygen atoms in total. The van der Waals surface area contributed by atoms with Gasteiger partial charge in [0.1, 0.15) is 0 Å². The van der Waals surface area contributed by atoms with Crippen molar-refractivity contribution in [2.75, 3.05) is 0 Å². The maximum atomic E-state index is 11.7. The van der Waals surface area contributed by atoms with Crippen molar-refractivity contribution < 1.29 is 9.90 Å². The normalized spacial score (nSPS) is 13.7. The number of carboxylic acid groups (broad SMARTS) is 1. The Morgan fingerprint density at radius 1 is 0.615 bits per heavy atom. The van der Waals surface area contributed by atoms with Crippen LogP contribution < -0.4 is 0 Å². The first-order chi connectivity index (χ1) is 12.7. The smallest absolute Gasteiger partial charge is 0.306 e. The van der Waals surface area contributed by atoms with Crippen molar-refractivity contribution in [3.63, 3.8) is 0 Å². The van der Waals surface area contributed by atoms with Gasteiger partial charge in [0.2, 0.25) is 0 Å². The molecule has 0 saturated carbocycles. The van der Waals surface area contributed by atoms with Gasteiger partial charge in [0, 0.05) is 0 Å². The molecule has 0 aromatic heterocycles. The van der Waals surface area contributed by atoms with E-state index >= 15 is 0 Å². The lowest BCUT2D eigenvalue weighted by Gasteiger charge is -2.21. The van der Waals surface area contributed by atoms with Crippen LogP contribution in [0.3, 0.4) is 0 Å². The highest BCUT2D eigenvalue weighted by Crippen LogP contribution is 2.27. The van der Waals surface area contributed by atoms with E-state index in [9.17, 15) is 9.90 Å². The van der Waals surface area contributed by atoms with Crippen molar-refractivity contribution >= 4 is 5.97 Å². The minimum absolute atomic E-state index is 0.109. The van der Waals surface area contributed by atoms with E-state index in [2.05, 4.69) is 20.8 Å². The molecule has 0 aliphatic heterocycles.